The van der Waals surface area contributed by atoms with E-state index in [1.807, 2.05) is 158 Å². The van der Waals surface area contributed by atoms with Crippen LogP contribution in [0.4, 0.5) is 0 Å². The monoisotopic (exact) mass is 1640 g/mol. The van der Waals surface area contributed by atoms with Gasteiger partial charge in [0, 0.05) is 58.4 Å². The Hall–Kier alpha value is -11.8. The molecular formula is C100H73BeN7O4S4Zn+2. The first-order valence-corrected chi connectivity index (χ1v) is 41.9. The predicted octanol–water partition coefficient (Wildman–Crippen LogP) is 17.0. The number of aliphatic imine (C=N–C) groups is 2. The van der Waals surface area contributed by atoms with E-state index < -0.39 is 5.41 Å². The summed E-state index contributed by atoms with van der Waals surface area (Å²) < 4.78 is 0. The van der Waals surface area contributed by atoms with Gasteiger partial charge in [0.1, 0.15) is 21.6 Å². The van der Waals surface area contributed by atoms with Gasteiger partial charge in [-0.1, -0.05) is 351 Å². The fourth-order valence-electron chi connectivity index (χ4n) is 16.4. The quantitative estimate of drug-likeness (QED) is 0.112. The molecule has 4 N–H and O–H groups in total. The third kappa shape index (κ3) is 15.1. The Morgan fingerprint density at radius 1 is 0.308 bits per heavy atom. The molecule has 11 nitrogen and oxygen atoms in total. The second-order valence-corrected chi connectivity index (χ2v) is 33.5. The summed E-state index contributed by atoms with van der Waals surface area (Å²) in [5.41, 5.74) is 16.1. The van der Waals surface area contributed by atoms with Crippen LogP contribution in [0, 0.1) is 0 Å². The molecule has 0 radical (unpaired) electrons. The normalized spacial score (nSPS) is 20.3. The van der Waals surface area contributed by atoms with Crippen LogP contribution < -0.4 is 20.2 Å². The van der Waals surface area contributed by atoms with E-state index in [0.29, 0.717) is 62.1 Å². The van der Waals surface area contributed by atoms with Crippen LogP contribution in [0.25, 0.3) is 78.0 Å². The minimum absolute atomic E-state index is 0. The molecule has 8 atom stereocenters. The fourth-order valence-corrected chi connectivity index (χ4v) is 21.2. The van der Waals surface area contributed by atoms with E-state index in [9.17, 15) is 20.4 Å². The number of aromatic hydroxyl groups is 2. The Morgan fingerprint density at radius 3 is 1.07 bits per heavy atom. The maximum absolute atomic E-state index is 12.6. The molecule has 0 fully saturated rings. The van der Waals surface area contributed by atoms with Gasteiger partial charge in [-0.05, 0) is 144 Å². The number of fused-ring (bicyclic) bond motifs is 16. The Bertz CT molecular complexity index is 6070. The number of benzene rings is 12. The van der Waals surface area contributed by atoms with Gasteiger partial charge in [0.2, 0.25) is 10.1 Å². The van der Waals surface area contributed by atoms with Crippen LogP contribution in [-0.4, -0.2) is 101 Å². The van der Waals surface area contributed by atoms with Crippen molar-refractivity contribution in [2.24, 2.45) is 9.98 Å². The third-order valence-corrected chi connectivity index (χ3v) is 27.0. The summed E-state index contributed by atoms with van der Waals surface area (Å²) in [6.45, 7) is 0. The topological polar surface area (TPSA) is 178 Å². The van der Waals surface area contributed by atoms with Gasteiger partial charge in [-0.15, -0.1) is 0 Å². The average molecular weight is 1640 g/mol. The SMILES string of the molecule is Oc1ccccc1C1=NC2C=CC=CC2S1.Oc1ccccc1C1=NC2C=CC=CC2S1.[Be+2].[O-]c1c(C2=[NH+]C3C=CC=CC3S2)ccc2ccccc12.[O-]c1c(C2=[NH+]C3C=CC=CC3S2)ccc2ccccc12.[Zn].c1ccc(-c2nc(-c3ccccc3)nc(-c3ccc4c(c3)C3(c5ccccc5-c5ccccc53)c3ccccc3-4)n2)cc1. The maximum Gasteiger partial charge on any atom is 2.00 e. The first-order chi connectivity index (χ1) is 56.7. The Kier molecular flexibility index (Phi) is 22.7. The van der Waals surface area contributed by atoms with E-state index >= 15 is 0 Å². The number of phenolic OH excluding ortho intramolecular Hbond substituents is 2. The number of rotatable bonds is 7. The molecule has 1 spiro atoms. The van der Waals surface area contributed by atoms with Crippen LogP contribution >= 0.6 is 47.0 Å². The van der Waals surface area contributed by atoms with E-state index in [2.05, 4.69) is 220 Å². The number of thioether (sulfide) groups is 4. The third-order valence-electron chi connectivity index (χ3n) is 21.9. The number of nitrogens with one attached hydrogen (secondary N) is 2. The van der Waals surface area contributed by atoms with E-state index in [4.69, 9.17) is 15.0 Å². The van der Waals surface area contributed by atoms with Gasteiger partial charge in [-0.2, -0.15) is 0 Å². The second kappa shape index (κ2) is 34.2. The molecule has 117 heavy (non-hydrogen) atoms. The van der Waals surface area contributed by atoms with Gasteiger partial charge in [0.05, 0.1) is 38.5 Å². The molecule has 4 aliphatic heterocycles. The molecule has 13 aromatic rings. The molecule has 6 aliphatic carbocycles. The number of allylic oxidation sites excluding steroid dienone is 8. The van der Waals surface area contributed by atoms with Crippen molar-refractivity contribution in [2.45, 2.75) is 50.6 Å². The minimum atomic E-state index is -0.410. The van der Waals surface area contributed by atoms with Gasteiger partial charge in [0.15, 0.2) is 29.6 Å². The van der Waals surface area contributed by atoms with Crippen molar-refractivity contribution in [2.75, 3.05) is 0 Å². The van der Waals surface area contributed by atoms with Gasteiger partial charge in [-0.25, -0.2) is 24.9 Å². The molecule has 10 aliphatic rings. The molecule has 23 rings (SSSR count). The van der Waals surface area contributed by atoms with Gasteiger partial charge in [-0.3, -0.25) is 9.98 Å². The molecule has 0 saturated heterocycles. The van der Waals surface area contributed by atoms with Crippen LogP contribution in [0.3, 0.4) is 0 Å². The van der Waals surface area contributed by atoms with Crippen LogP contribution in [0.15, 0.2) is 380 Å². The van der Waals surface area contributed by atoms with Gasteiger partial charge in [0.25, 0.3) is 0 Å². The number of aromatic nitrogens is 3. The molecular weight excluding hydrogens is 1570 g/mol. The van der Waals surface area contributed by atoms with Crippen LogP contribution in [0.5, 0.6) is 23.0 Å². The summed E-state index contributed by atoms with van der Waals surface area (Å²) in [4.78, 5) is 31.2. The van der Waals surface area contributed by atoms with Crippen molar-refractivity contribution in [1.29, 1.82) is 0 Å². The van der Waals surface area contributed by atoms with Crippen LogP contribution in [0.1, 0.15) is 44.5 Å². The van der Waals surface area contributed by atoms with E-state index in [1.54, 1.807) is 59.2 Å². The molecule has 0 bridgehead atoms. The smallest absolute Gasteiger partial charge is 0.871 e. The first-order valence-electron chi connectivity index (χ1n) is 38.4. The molecule has 1 aromatic heterocycles. The van der Waals surface area contributed by atoms with Crippen LogP contribution in [0.2, 0.25) is 0 Å². The summed E-state index contributed by atoms with van der Waals surface area (Å²) in [5.74, 6) is 2.84. The number of para-hydroxylation sites is 2. The van der Waals surface area contributed by atoms with Crippen molar-refractivity contribution < 1.29 is 49.9 Å². The Balaban J connectivity index is 0.000000112. The number of phenols is 2. The fraction of sp³-hybridized carbons (Fsp3) is 0.0900. The van der Waals surface area contributed by atoms with E-state index in [-0.39, 0.29) is 53.2 Å². The zero-order valence-electron chi connectivity index (χ0n) is 63.3. The van der Waals surface area contributed by atoms with Crippen LogP contribution in [-0.2, 0) is 24.9 Å². The van der Waals surface area contributed by atoms with Gasteiger partial charge < -0.3 is 20.4 Å². The molecule has 12 aromatic carbocycles. The van der Waals surface area contributed by atoms with Gasteiger partial charge >= 0.3 is 10.1 Å². The minimum Gasteiger partial charge on any atom is -0.871 e. The number of hydrogen-bond acceptors (Lipinski definition) is 13. The second-order valence-electron chi connectivity index (χ2n) is 28.8. The molecule has 0 saturated carbocycles. The van der Waals surface area contributed by atoms with Crippen molar-refractivity contribution in [3.05, 3.63) is 415 Å². The zero-order chi connectivity index (χ0) is 77.4. The largest absolute Gasteiger partial charge is 2.00 e. The zero-order valence-corrected chi connectivity index (χ0v) is 69.6. The number of hydrogen-bond donors (Lipinski definition) is 4. The predicted molar refractivity (Wildman–Crippen MR) is 478 cm³/mol. The summed E-state index contributed by atoms with van der Waals surface area (Å²) in [6.07, 6.45) is 33.6. The summed E-state index contributed by atoms with van der Waals surface area (Å²) in [5, 5.41) is 53.8. The molecule has 8 unspecified atom stereocenters. The Labute approximate surface area is 712 Å². The standard InChI is InChI=1S/C40H25N3.2C17H13NOS.2C13H11NOS.Be.Zn/c1-3-13-26(14-4-1)37-41-38(27-15-5-2-6-16-27)43-39(42-37)28-23-24-32-31-19-9-12-22-35(31)40(36(32)25-28)33-20-10-7-17-29(33)30-18-8-11-21-34(30)40;2*19-16-12-6-2-1-5-11(12)9-10-13(16)17-18-14-7-3-4-8-15(14)20-17;2*15-11-7-3-1-5-9(11)13-14-10-6-2-4-8-12(10)16-13;;/h1-25H;2*1-10,14-15,19H;2*1-8,10,12,15H;;/q;;;;;+2;. The molecule has 17 heteroatoms. The van der Waals surface area contributed by atoms with Crippen molar-refractivity contribution in [3.8, 4) is 79.4 Å². The summed E-state index contributed by atoms with van der Waals surface area (Å²) >= 11 is 6.90. The number of nitrogens with zero attached hydrogens (tertiary/aromatic N) is 5. The molecule has 5 heterocycles. The molecule has 558 valence electrons. The molecule has 0 amide bonds. The van der Waals surface area contributed by atoms with Crippen molar-refractivity contribution in [3.63, 3.8) is 0 Å². The summed E-state index contributed by atoms with van der Waals surface area (Å²) in [6, 6.07) is 92.9. The average Bonchev–Trinajstić information content (AvgIpc) is 1.51. The van der Waals surface area contributed by atoms with E-state index in [0.717, 1.165) is 80.7 Å². The summed E-state index contributed by atoms with van der Waals surface area (Å²) in [7, 11) is 0. The maximum atomic E-state index is 12.6. The Morgan fingerprint density at radius 2 is 0.650 bits per heavy atom. The van der Waals surface area contributed by atoms with Crippen molar-refractivity contribution in [1.82, 2.24) is 15.0 Å². The van der Waals surface area contributed by atoms with Crippen molar-refractivity contribution >= 4 is 98.9 Å². The van der Waals surface area contributed by atoms with E-state index in [1.165, 1.54) is 44.5 Å². The first kappa shape index (κ1) is 77.7.